The lowest BCUT2D eigenvalue weighted by atomic mass is 9.43. The summed E-state index contributed by atoms with van der Waals surface area (Å²) in [7, 11) is -0.580. The minimum Gasteiger partial charge on any atom is -0.449 e. The van der Waals surface area contributed by atoms with Crippen molar-refractivity contribution in [1.29, 1.82) is 0 Å². The highest BCUT2D eigenvalue weighted by atomic mass is 16.7. The standard InChI is InChI=1S/C31H44BN3O6/c1-29(2,3)39-28(37)34-22(19-26-33-15-16-38-26)27(36)35-25(14-10-13-20-11-8-7-9-12-20)32-40-24-18-21-17-23(30(21,4)5)31(24,6)41-32/h7-9,11-12,15-16,21-25H,10,13-14,17-19H2,1-6H3,(H,34,37)(H,35,36)/t21-,22?,23-,24+,25-,31-/m0/s1. The second-order valence-electron chi connectivity index (χ2n) is 13.7. The predicted octanol–water partition coefficient (Wildman–Crippen LogP) is 4.89. The quantitative estimate of drug-likeness (QED) is 0.395. The van der Waals surface area contributed by atoms with Crippen LogP contribution in [0.2, 0.25) is 0 Å². The maximum absolute atomic E-state index is 13.8. The maximum atomic E-state index is 13.8. The van der Waals surface area contributed by atoms with Crippen LogP contribution < -0.4 is 10.6 Å². The van der Waals surface area contributed by atoms with Gasteiger partial charge in [-0.15, -0.1) is 0 Å². The van der Waals surface area contributed by atoms with Gasteiger partial charge in [-0.25, -0.2) is 9.78 Å². The molecule has 2 bridgehead atoms. The lowest BCUT2D eigenvalue weighted by molar-refractivity contribution is -0.199. The predicted molar refractivity (Wildman–Crippen MR) is 155 cm³/mol. The van der Waals surface area contributed by atoms with Crippen molar-refractivity contribution in [2.24, 2.45) is 17.3 Å². The lowest BCUT2D eigenvalue weighted by Gasteiger charge is -2.64. The highest BCUT2D eigenvalue weighted by molar-refractivity contribution is 6.47. The summed E-state index contributed by atoms with van der Waals surface area (Å²) in [6.07, 6.45) is 6.84. The van der Waals surface area contributed by atoms with Crippen LogP contribution in [0.15, 0.2) is 47.2 Å². The van der Waals surface area contributed by atoms with Gasteiger partial charge in [-0.1, -0.05) is 44.2 Å². The maximum Gasteiger partial charge on any atom is 0.481 e. The topological polar surface area (TPSA) is 112 Å². The Hall–Kier alpha value is -2.85. The molecule has 222 valence electrons. The molecule has 1 saturated heterocycles. The molecule has 0 radical (unpaired) electrons. The Balaban J connectivity index is 1.32. The summed E-state index contributed by atoms with van der Waals surface area (Å²) in [5.74, 6) is 0.617. The van der Waals surface area contributed by atoms with Gasteiger partial charge in [0.1, 0.15) is 17.9 Å². The van der Waals surface area contributed by atoms with Crippen LogP contribution in [0.25, 0.3) is 0 Å². The Morgan fingerprint density at radius 1 is 1.15 bits per heavy atom. The zero-order chi connectivity index (χ0) is 29.4. The van der Waals surface area contributed by atoms with E-state index in [0.29, 0.717) is 24.1 Å². The van der Waals surface area contributed by atoms with Crippen LogP contribution in [-0.4, -0.2) is 53.4 Å². The van der Waals surface area contributed by atoms with Gasteiger partial charge in [0.25, 0.3) is 0 Å². The number of nitrogens with zero attached hydrogens (tertiary/aromatic N) is 1. The largest absolute Gasteiger partial charge is 0.481 e. The van der Waals surface area contributed by atoms with Gasteiger partial charge in [0.2, 0.25) is 5.91 Å². The first kappa shape index (κ1) is 29.6. The van der Waals surface area contributed by atoms with E-state index >= 15 is 0 Å². The van der Waals surface area contributed by atoms with Gasteiger partial charge in [-0.3, -0.25) is 4.79 Å². The van der Waals surface area contributed by atoms with E-state index in [0.717, 1.165) is 25.7 Å². The van der Waals surface area contributed by atoms with Crippen molar-refractivity contribution in [1.82, 2.24) is 15.6 Å². The average molecular weight is 566 g/mol. The lowest BCUT2D eigenvalue weighted by Crippen LogP contribution is -2.65. The van der Waals surface area contributed by atoms with Gasteiger partial charge >= 0.3 is 13.2 Å². The molecule has 9 nitrogen and oxygen atoms in total. The molecule has 0 spiro atoms. The van der Waals surface area contributed by atoms with E-state index in [1.165, 1.54) is 18.0 Å². The minimum absolute atomic E-state index is 0.000745. The Kier molecular flexibility index (Phi) is 8.27. The first-order chi connectivity index (χ1) is 19.3. The summed E-state index contributed by atoms with van der Waals surface area (Å²) in [4.78, 5) is 30.6. The van der Waals surface area contributed by atoms with E-state index in [2.05, 4.69) is 48.5 Å². The molecule has 2 heterocycles. The fraction of sp³-hybridized carbons (Fsp3) is 0.645. The molecule has 3 aliphatic carbocycles. The van der Waals surface area contributed by atoms with Crippen LogP contribution in [0, 0.1) is 17.3 Å². The van der Waals surface area contributed by atoms with Crippen molar-refractivity contribution >= 4 is 19.1 Å². The molecule has 2 amide bonds. The molecule has 1 aromatic carbocycles. The summed E-state index contributed by atoms with van der Waals surface area (Å²) < 4.78 is 24.2. The first-order valence-electron chi connectivity index (χ1n) is 14.9. The van der Waals surface area contributed by atoms with Crippen molar-refractivity contribution in [3.63, 3.8) is 0 Å². The fourth-order valence-corrected chi connectivity index (χ4v) is 6.99. The summed E-state index contributed by atoms with van der Waals surface area (Å²) in [6, 6.07) is 9.34. The average Bonchev–Trinajstić information content (AvgIpc) is 3.53. The third-order valence-electron chi connectivity index (χ3n) is 9.32. The van der Waals surface area contributed by atoms with Gasteiger partial charge in [0, 0.05) is 0 Å². The highest BCUT2D eigenvalue weighted by Gasteiger charge is 2.68. The molecule has 6 rings (SSSR count). The van der Waals surface area contributed by atoms with Crippen LogP contribution in [0.5, 0.6) is 0 Å². The number of oxazole rings is 1. The van der Waals surface area contributed by atoms with Gasteiger partial charge in [-0.05, 0) is 82.6 Å². The molecule has 2 aromatic rings. The molecule has 1 aliphatic heterocycles. The third-order valence-corrected chi connectivity index (χ3v) is 9.32. The first-order valence-corrected chi connectivity index (χ1v) is 14.9. The van der Waals surface area contributed by atoms with Crippen molar-refractivity contribution in [3.8, 4) is 0 Å². The van der Waals surface area contributed by atoms with E-state index in [1.54, 1.807) is 20.8 Å². The number of aromatic nitrogens is 1. The van der Waals surface area contributed by atoms with Crippen molar-refractivity contribution in [2.45, 2.75) is 109 Å². The number of alkyl carbamates (subject to hydrolysis) is 1. The molecule has 3 saturated carbocycles. The van der Waals surface area contributed by atoms with Gasteiger partial charge in [0.05, 0.1) is 30.3 Å². The van der Waals surface area contributed by atoms with Crippen molar-refractivity contribution in [3.05, 3.63) is 54.2 Å². The van der Waals surface area contributed by atoms with E-state index in [4.69, 9.17) is 18.5 Å². The molecule has 6 atom stereocenters. The zero-order valence-electron chi connectivity index (χ0n) is 25.1. The van der Waals surface area contributed by atoms with E-state index in [-0.39, 0.29) is 23.8 Å². The molecule has 4 aliphatic rings. The number of carbonyl (C=O) groups excluding carboxylic acids is 2. The third kappa shape index (κ3) is 6.48. The summed E-state index contributed by atoms with van der Waals surface area (Å²) >= 11 is 0. The Labute approximate surface area is 243 Å². The van der Waals surface area contributed by atoms with Gasteiger partial charge < -0.3 is 29.1 Å². The van der Waals surface area contributed by atoms with E-state index in [1.807, 2.05) is 18.2 Å². The number of carbonyl (C=O) groups is 2. The number of hydrogen-bond donors (Lipinski definition) is 2. The van der Waals surface area contributed by atoms with Gasteiger partial charge in [0.15, 0.2) is 5.89 Å². The van der Waals surface area contributed by atoms with E-state index < -0.39 is 36.4 Å². The summed E-state index contributed by atoms with van der Waals surface area (Å²) in [5.41, 5.74) is 0.355. The van der Waals surface area contributed by atoms with Crippen LogP contribution in [0.3, 0.4) is 0 Å². The second kappa shape index (κ2) is 11.4. The van der Waals surface area contributed by atoms with Crippen LogP contribution in [0.1, 0.15) is 78.7 Å². The Morgan fingerprint density at radius 2 is 1.90 bits per heavy atom. The van der Waals surface area contributed by atoms with Crippen molar-refractivity contribution in [2.75, 3.05) is 0 Å². The molecular weight excluding hydrogens is 521 g/mol. The molecule has 2 N–H and O–H groups in total. The second-order valence-corrected chi connectivity index (χ2v) is 13.7. The highest BCUT2D eigenvalue weighted by Crippen LogP contribution is 2.65. The molecule has 41 heavy (non-hydrogen) atoms. The summed E-state index contributed by atoms with van der Waals surface area (Å²) in [5, 5.41) is 5.89. The molecule has 1 unspecified atom stereocenters. The summed E-state index contributed by atoms with van der Waals surface area (Å²) in [6.45, 7) is 12.2. The Morgan fingerprint density at radius 3 is 2.56 bits per heavy atom. The number of amides is 2. The monoisotopic (exact) mass is 565 g/mol. The number of hydrogen-bond acceptors (Lipinski definition) is 7. The number of ether oxygens (including phenoxy) is 1. The Bertz CT molecular complexity index is 1200. The number of benzene rings is 1. The van der Waals surface area contributed by atoms with E-state index in [9.17, 15) is 9.59 Å². The number of aryl methyl sites for hydroxylation is 1. The number of rotatable bonds is 10. The zero-order valence-corrected chi connectivity index (χ0v) is 25.1. The molecule has 10 heteroatoms. The molecular formula is C31H44BN3O6. The van der Waals surface area contributed by atoms with Crippen LogP contribution in [-0.2, 0) is 31.7 Å². The fourth-order valence-electron chi connectivity index (χ4n) is 6.99. The smallest absolute Gasteiger partial charge is 0.449 e. The minimum atomic E-state index is -0.953. The molecule has 1 aromatic heterocycles. The number of nitrogens with one attached hydrogen (secondary N) is 2. The van der Waals surface area contributed by atoms with Crippen LogP contribution in [0.4, 0.5) is 4.79 Å². The van der Waals surface area contributed by atoms with Crippen LogP contribution >= 0.6 is 0 Å². The normalized spacial score (nSPS) is 27.8. The molecule has 4 fully saturated rings. The van der Waals surface area contributed by atoms with Gasteiger partial charge in [-0.2, -0.15) is 0 Å². The SMILES string of the molecule is CC(C)(C)OC(=O)NC(Cc1ncco1)C(=O)N[C@@H](CCCc1ccccc1)B1O[C@@H]2C[C@@H]3C[C@@H](C3(C)C)[C@]2(C)O1. The van der Waals surface area contributed by atoms with Crippen molar-refractivity contribution < 1.29 is 28.1 Å².